The first kappa shape index (κ1) is 21.7. The summed E-state index contributed by atoms with van der Waals surface area (Å²) in [7, 11) is -3.34. The van der Waals surface area contributed by atoms with Gasteiger partial charge < -0.3 is 9.47 Å². The monoisotopic (exact) mass is 397 g/mol. The van der Waals surface area contributed by atoms with Crippen molar-refractivity contribution in [3.05, 3.63) is 30.3 Å². The zero-order chi connectivity index (χ0) is 20.5. The Labute approximate surface area is 162 Å². The number of amides is 1. The lowest BCUT2D eigenvalue weighted by molar-refractivity contribution is -0.0808. The Morgan fingerprint density at radius 3 is 2.44 bits per heavy atom. The van der Waals surface area contributed by atoms with E-state index < -0.39 is 27.3 Å². The summed E-state index contributed by atoms with van der Waals surface area (Å²) in [4.78, 5) is 14.4. The molecule has 0 bridgehead atoms. The Bertz CT molecular complexity index is 752. The lowest BCUT2D eigenvalue weighted by Gasteiger charge is -2.31. The van der Waals surface area contributed by atoms with Crippen molar-refractivity contribution in [2.75, 3.05) is 12.3 Å². The Balaban J connectivity index is 1.99. The largest absolute Gasteiger partial charge is 0.444 e. The number of carbonyl (C=O) groups excluding carboxylic acids is 1. The van der Waals surface area contributed by atoms with Gasteiger partial charge in [0.15, 0.2) is 9.84 Å². The van der Waals surface area contributed by atoms with E-state index in [9.17, 15) is 13.2 Å². The molecule has 1 aromatic carbocycles. The summed E-state index contributed by atoms with van der Waals surface area (Å²) < 4.78 is 36.6. The molecule has 1 fully saturated rings. The second-order valence-electron chi connectivity index (χ2n) is 8.71. The Morgan fingerprint density at radius 2 is 1.89 bits per heavy atom. The van der Waals surface area contributed by atoms with Gasteiger partial charge in [0.2, 0.25) is 0 Å². The van der Waals surface area contributed by atoms with Crippen LogP contribution in [0.2, 0.25) is 0 Å². The van der Waals surface area contributed by atoms with E-state index in [0.29, 0.717) is 17.9 Å². The molecular weight excluding hydrogens is 366 g/mol. The number of carbonyl (C=O) groups is 1. The maximum Gasteiger partial charge on any atom is 0.412 e. The van der Waals surface area contributed by atoms with E-state index in [2.05, 4.69) is 0 Å². The van der Waals surface area contributed by atoms with Crippen molar-refractivity contribution in [1.82, 2.24) is 4.90 Å². The molecule has 6 nitrogen and oxygen atoms in total. The van der Waals surface area contributed by atoms with Crippen LogP contribution in [0.1, 0.15) is 48.0 Å². The third-order valence-corrected chi connectivity index (χ3v) is 6.37. The first-order chi connectivity index (χ1) is 12.3. The first-order valence-corrected chi connectivity index (χ1v) is 10.9. The van der Waals surface area contributed by atoms with Crippen molar-refractivity contribution in [3.63, 3.8) is 0 Å². The average Bonchev–Trinajstić information content (AvgIpc) is 2.80. The third-order valence-electron chi connectivity index (χ3n) is 4.38. The van der Waals surface area contributed by atoms with E-state index in [1.54, 1.807) is 35.2 Å². The van der Waals surface area contributed by atoms with E-state index in [0.717, 1.165) is 0 Å². The predicted molar refractivity (Wildman–Crippen MR) is 104 cm³/mol. The minimum Gasteiger partial charge on any atom is -0.444 e. The van der Waals surface area contributed by atoms with E-state index in [1.807, 2.05) is 41.5 Å². The Morgan fingerprint density at radius 1 is 1.30 bits per heavy atom. The van der Waals surface area contributed by atoms with Crippen LogP contribution in [0.4, 0.5) is 4.79 Å². The van der Waals surface area contributed by atoms with Crippen LogP contribution in [0.3, 0.4) is 0 Å². The second kappa shape index (κ2) is 7.80. The fourth-order valence-corrected chi connectivity index (χ4v) is 4.93. The van der Waals surface area contributed by atoms with Crippen molar-refractivity contribution in [2.45, 2.75) is 70.3 Å². The zero-order valence-electron chi connectivity index (χ0n) is 17.1. The van der Waals surface area contributed by atoms with Crippen LogP contribution in [0, 0.1) is 5.92 Å². The Kier molecular flexibility index (Phi) is 6.26. The lowest BCUT2D eigenvalue weighted by Crippen LogP contribution is -2.46. The van der Waals surface area contributed by atoms with Gasteiger partial charge in [-0.25, -0.2) is 13.2 Å². The highest BCUT2D eigenvalue weighted by Crippen LogP contribution is 2.31. The first-order valence-electron chi connectivity index (χ1n) is 9.26. The molecule has 0 N–H and O–H groups in total. The van der Waals surface area contributed by atoms with Crippen LogP contribution in [-0.2, 0) is 19.3 Å². The van der Waals surface area contributed by atoms with Gasteiger partial charge in [-0.2, -0.15) is 0 Å². The number of benzene rings is 1. The molecule has 1 saturated heterocycles. The molecule has 1 amide bonds. The van der Waals surface area contributed by atoms with Crippen LogP contribution in [0.15, 0.2) is 35.2 Å². The molecule has 1 aliphatic heterocycles. The Hall–Kier alpha value is -1.60. The standard InChI is InChI=1S/C20H31NO5S/c1-15(14-27(23,24)17-10-8-7-9-11-17)12-16-13-21(20(5,6)25-16)18(22)26-19(2,3)4/h7-11,15-16H,12-14H2,1-6H3/t15-,16+/m0/s1. The molecule has 2 atom stereocenters. The highest BCUT2D eigenvalue weighted by atomic mass is 32.2. The van der Waals surface area contributed by atoms with Gasteiger partial charge in [0, 0.05) is 0 Å². The van der Waals surface area contributed by atoms with E-state index in [4.69, 9.17) is 9.47 Å². The number of nitrogens with zero attached hydrogens (tertiary/aromatic N) is 1. The quantitative estimate of drug-likeness (QED) is 0.754. The number of ether oxygens (including phenoxy) is 2. The molecule has 0 radical (unpaired) electrons. The van der Waals surface area contributed by atoms with Gasteiger partial charge in [-0.3, -0.25) is 4.90 Å². The maximum atomic E-state index is 12.5. The van der Waals surface area contributed by atoms with Crippen LogP contribution < -0.4 is 0 Å². The lowest BCUT2D eigenvalue weighted by atomic mass is 10.1. The highest BCUT2D eigenvalue weighted by Gasteiger charge is 2.44. The summed E-state index contributed by atoms with van der Waals surface area (Å²) in [5.74, 6) is -0.0569. The minimum absolute atomic E-state index is 0.0454. The topological polar surface area (TPSA) is 72.9 Å². The normalized spacial score (nSPS) is 21.1. The predicted octanol–water partition coefficient (Wildman–Crippen LogP) is 3.86. The second-order valence-corrected chi connectivity index (χ2v) is 10.7. The SMILES string of the molecule is C[C@@H](C[C@@H]1CN(C(=O)OC(C)(C)C)C(C)(C)O1)CS(=O)(=O)c1ccccc1. The average molecular weight is 398 g/mol. The van der Waals surface area contributed by atoms with Crippen molar-refractivity contribution in [2.24, 2.45) is 5.92 Å². The van der Waals surface area contributed by atoms with Crippen LogP contribution >= 0.6 is 0 Å². The van der Waals surface area contributed by atoms with Crippen molar-refractivity contribution in [1.29, 1.82) is 0 Å². The van der Waals surface area contributed by atoms with Crippen molar-refractivity contribution >= 4 is 15.9 Å². The minimum atomic E-state index is -3.34. The van der Waals surface area contributed by atoms with Gasteiger partial charge in [0.05, 0.1) is 23.3 Å². The molecule has 1 aliphatic rings. The molecule has 0 saturated carbocycles. The molecule has 0 spiro atoms. The number of hydrogen-bond donors (Lipinski definition) is 0. The molecule has 0 aromatic heterocycles. The molecule has 1 aromatic rings. The van der Waals surface area contributed by atoms with Gasteiger partial charge in [-0.15, -0.1) is 0 Å². The maximum absolute atomic E-state index is 12.5. The fourth-order valence-electron chi connectivity index (χ4n) is 3.28. The zero-order valence-corrected chi connectivity index (χ0v) is 17.9. The molecule has 1 heterocycles. The summed E-state index contributed by atoms with van der Waals surface area (Å²) >= 11 is 0. The van der Waals surface area contributed by atoms with Crippen LogP contribution in [0.25, 0.3) is 0 Å². The summed E-state index contributed by atoms with van der Waals surface area (Å²) in [5.41, 5.74) is -1.37. The van der Waals surface area contributed by atoms with E-state index in [1.165, 1.54) is 0 Å². The number of sulfone groups is 1. The summed E-state index contributed by atoms with van der Waals surface area (Å²) in [6.07, 6.45) is -0.0949. The van der Waals surface area contributed by atoms with Crippen LogP contribution in [0.5, 0.6) is 0 Å². The molecule has 7 heteroatoms. The highest BCUT2D eigenvalue weighted by molar-refractivity contribution is 7.91. The van der Waals surface area contributed by atoms with Crippen molar-refractivity contribution in [3.8, 4) is 0 Å². The number of hydrogen-bond acceptors (Lipinski definition) is 5. The van der Waals surface area contributed by atoms with Crippen LogP contribution in [-0.4, -0.2) is 49.1 Å². The van der Waals surface area contributed by atoms with Crippen molar-refractivity contribution < 1.29 is 22.7 Å². The summed E-state index contributed by atoms with van der Waals surface area (Å²) in [6.45, 7) is 11.4. The van der Waals surface area contributed by atoms with Gasteiger partial charge in [-0.1, -0.05) is 25.1 Å². The smallest absolute Gasteiger partial charge is 0.412 e. The summed E-state index contributed by atoms with van der Waals surface area (Å²) in [5, 5.41) is 0. The fraction of sp³-hybridized carbons (Fsp3) is 0.650. The van der Waals surface area contributed by atoms with E-state index in [-0.39, 0.29) is 17.8 Å². The molecule has 0 unspecified atom stereocenters. The van der Waals surface area contributed by atoms with E-state index >= 15 is 0 Å². The summed E-state index contributed by atoms with van der Waals surface area (Å²) in [6, 6.07) is 8.46. The van der Waals surface area contributed by atoms with Gasteiger partial charge >= 0.3 is 6.09 Å². The molecule has 27 heavy (non-hydrogen) atoms. The van der Waals surface area contributed by atoms with Gasteiger partial charge in [0.1, 0.15) is 11.3 Å². The van der Waals surface area contributed by atoms with Gasteiger partial charge in [-0.05, 0) is 59.1 Å². The number of rotatable bonds is 5. The van der Waals surface area contributed by atoms with Gasteiger partial charge in [0.25, 0.3) is 0 Å². The molecular formula is C20H31NO5S. The molecule has 2 rings (SSSR count). The third kappa shape index (κ3) is 5.94. The molecule has 152 valence electrons. The molecule has 0 aliphatic carbocycles.